The Morgan fingerprint density at radius 2 is 2.25 bits per heavy atom. The second kappa shape index (κ2) is 7.42. The highest BCUT2D eigenvalue weighted by atomic mass is 16.2. The van der Waals surface area contributed by atoms with E-state index in [1.807, 2.05) is 11.0 Å². The summed E-state index contributed by atoms with van der Waals surface area (Å²) in [4.78, 5) is 26.4. The van der Waals surface area contributed by atoms with E-state index in [0.717, 1.165) is 37.9 Å². The number of hydrogen-bond acceptors (Lipinski definition) is 4. The van der Waals surface area contributed by atoms with Gasteiger partial charge in [0.2, 0.25) is 0 Å². The molecular formula is C17H23N5O2. The number of hydrogen-bond donors (Lipinski definition) is 1. The Hall–Kier alpha value is -2.44. The molecule has 3 rings (SSSR count). The van der Waals surface area contributed by atoms with Crippen molar-refractivity contribution >= 4 is 5.91 Å². The molecule has 0 radical (unpaired) electrons. The number of rotatable bonds is 5. The number of carbonyl (C=O) groups is 1. The van der Waals surface area contributed by atoms with Crippen LogP contribution < -0.4 is 5.56 Å². The first-order valence-electron chi connectivity index (χ1n) is 8.55. The van der Waals surface area contributed by atoms with E-state index in [0.29, 0.717) is 18.8 Å². The third-order valence-corrected chi connectivity index (χ3v) is 4.48. The lowest BCUT2D eigenvalue weighted by molar-refractivity contribution is 0.0697. The minimum Gasteiger partial charge on any atom is -0.337 e. The highest BCUT2D eigenvalue weighted by molar-refractivity contribution is 5.92. The summed E-state index contributed by atoms with van der Waals surface area (Å²) in [6, 6.07) is 4.93. The molecule has 0 saturated carbocycles. The molecule has 2 aromatic heterocycles. The third kappa shape index (κ3) is 3.55. The van der Waals surface area contributed by atoms with Crippen molar-refractivity contribution in [3.8, 4) is 0 Å². The van der Waals surface area contributed by atoms with Gasteiger partial charge in [-0.3, -0.25) is 14.7 Å². The van der Waals surface area contributed by atoms with Crippen LogP contribution in [-0.4, -0.2) is 43.9 Å². The van der Waals surface area contributed by atoms with Gasteiger partial charge in [0, 0.05) is 43.5 Å². The average molecular weight is 329 g/mol. The van der Waals surface area contributed by atoms with Crippen LogP contribution in [0.25, 0.3) is 0 Å². The second-order valence-electron chi connectivity index (χ2n) is 6.24. The summed E-state index contributed by atoms with van der Waals surface area (Å²) >= 11 is 0. The molecule has 7 nitrogen and oxygen atoms in total. The molecule has 7 heteroatoms. The molecule has 0 bridgehead atoms. The Morgan fingerprint density at radius 1 is 1.38 bits per heavy atom. The topological polar surface area (TPSA) is 83.9 Å². The molecule has 1 saturated heterocycles. The predicted octanol–water partition coefficient (Wildman–Crippen LogP) is 1.79. The first kappa shape index (κ1) is 16.4. The van der Waals surface area contributed by atoms with Crippen LogP contribution in [0.3, 0.4) is 0 Å². The van der Waals surface area contributed by atoms with Gasteiger partial charge in [-0.15, -0.1) is 0 Å². The monoisotopic (exact) mass is 329 g/mol. The lowest BCUT2D eigenvalue weighted by atomic mass is 9.95. The van der Waals surface area contributed by atoms with Crippen molar-refractivity contribution in [3.05, 3.63) is 46.1 Å². The normalized spacial score (nSPS) is 17.9. The van der Waals surface area contributed by atoms with Crippen LogP contribution in [0.2, 0.25) is 0 Å². The van der Waals surface area contributed by atoms with Crippen molar-refractivity contribution in [2.24, 2.45) is 0 Å². The van der Waals surface area contributed by atoms with E-state index in [9.17, 15) is 9.59 Å². The second-order valence-corrected chi connectivity index (χ2v) is 6.24. The van der Waals surface area contributed by atoms with Crippen molar-refractivity contribution < 1.29 is 4.79 Å². The fourth-order valence-corrected chi connectivity index (χ4v) is 3.10. The number of H-pyrrole nitrogens is 1. The number of aromatic nitrogens is 4. The SMILES string of the molecule is CCCCn1nc(C(=O)N2CCC[C@@H](c3ccn[nH]3)C2)ccc1=O. The first-order chi connectivity index (χ1) is 11.7. The van der Waals surface area contributed by atoms with Crippen molar-refractivity contribution in [2.75, 3.05) is 13.1 Å². The summed E-state index contributed by atoms with van der Waals surface area (Å²) in [5.74, 6) is 0.167. The van der Waals surface area contributed by atoms with Gasteiger partial charge < -0.3 is 4.90 Å². The van der Waals surface area contributed by atoms with Gasteiger partial charge in [0.05, 0.1) is 0 Å². The van der Waals surface area contributed by atoms with Gasteiger partial charge in [-0.05, 0) is 31.4 Å². The molecule has 1 N–H and O–H groups in total. The summed E-state index contributed by atoms with van der Waals surface area (Å²) < 4.78 is 1.40. The zero-order chi connectivity index (χ0) is 16.9. The maximum absolute atomic E-state index is 12.8. The zero-order valence-corrected chi connectivity index (χ0v) is 13.9. The summed E-state index contributed by atoms with van der Waals surface area (Å²) in [7, 11) is 0. The standard InChI is InChI=1S/C17H23N5O2/c1-2-3-11-22-16(23)7-6-15(20-22)17(24)21-10-4-5-13(12-21)14-8-9-18-19-14/h6-9,13H,2-5,10-12H2,1H3,(H,18,19)/t13-/m1/s1. The first-order valence-corrected chi connectivity index (χ1v) is 8.55. The highest BCUT2D eigenvalue weighted by Gasteiger charge is 2.27. The largest absolute Gasteiger partial charge is 0.337 e. The molecular weight excluding hydrogens is 306 g/mol. The van der Waals surface area contributed by atoms with Crippen molar-refractivity contribution in [1.29, 1.82) is 0 Å². The number of nitrogens with one attached hydrogen (secondary N) is 1. The van der Waals surface area contributed by atoms with Crippen LogP contribution in [0.4, 0.5) is 0 Å². The van der Waals surface area contributed by atoms with Gasteiger partial charge in [0.1, 0.15) is 5.69 Å². The predicted molar refractivity (Wildman–Crippen MR) is 89.9 cm³/mol. The molecule has 24 heavy (non-hydrogen) atoms. The molecule has 0 spiro atoms. The molecule has 1 aliphatic rings. The fraction of sp³-hybridized carbons (Fsp3) is 0.529. The van der Waals surface area contributed by atoms with Crippen LogP contribution in [-0.2, 0) is 6.54 Å². The molecule has 0 aromatic carbocycles. The Labute approximate surface area is 140 Å². The van der Waals surface area contributed by atoms with Gasteiger partial charge in [-0.1, -0.05) is 13.3 Å². The number of nitrogens with zero attached hydrogens (tertiary/aromatic N) is 4. The number of aryl methyl sites for hydroxylation is 1. The highest BCUT2D eigenvalue weighted by Crippen LogP contribution is 2.25. The Balaban J connectivity index is 1.74. The smallest absolute Gasteiger partial charge is 0.274 e. The van der Waals surface area contributed by atoms with E-state index in [1.165, 1.54) is 16.8 Å². The van der Waals surface area contributed by atoms with E-state index in [1.54, 1.807) is 6.20 Å². The molecule has 1 atom stereocenters. The molecule has 0 aliphatic carbocycles. The minimum absolute atomic E-state index is 0.107. The van der Waals surface area contributed by atoms with E-state index < -0.39 is 0 Å². The van der Waals surface area contributed by atoms with Gasteiger partial charge >= 0.3 is 0 Å². The number of unbranched alkanes of at least 4 members (excludes halogenated alkanes) is 1. The zero-order valence-electron chi connectivity index (χ0n) is 13.9. The summed E-state index contributed by atoms with van der Waals surface area (Å²) in [5.41, 5.74) is 1.25. The van der Waals surface area contributed by atoms with Gasteiger partial charge in [0.15, 0.2) is 0 Å². The quantitative estimate of drug-likeness (QED) is 0.906. The van der Waals surface area contributed by atoms with Gasteiger partial charge in [-0.25, -0.2) is 4.68 Å². The number of carbonyl (C=O) groups excluding carboxylic acids is 1. The number of aromatic amines is 1. The van der Waals surface area contributed by atoms with Crippen molar-refractivity contribution in [3.63, 3.8) is 0 Å². The number of amides is 1. The van der Waals surface area contributed by atoms with Crippen LogP contribution in [0.15, 0.2) is 29.2 Å². The van der Waals surface area contributed by atoms with Crippen LogP contribution in [0, 0.1) is 0 Å². The van der Waals surface area contributed by atoms with E-state index in [2.05, 4.69) is 22.2 Å². The molecule has 3 heterocycles. The lowest BCUT2D eigenvalue weighted by Gasteiger charge is -2.32. The molecule has 0 unspecified atom stereocenters. The van der Waals surface area contributed by atoms with Crippen molar-refractivity contribution in [1.82, 2.24) is 24.9 Å². The van der Waals surface area contributed by atoms with Crippen molar-refractivity contribution in [2.45, 2.75) is 45.1 Å². The number of piperidine rings is 1. The van der Waals surface area contributed by atoms with Crippen LogP contribution in [0.1, 0.15) is 54.7 Å². The Bertz CT molecular complexity index is 738. The molecule has 1 amide bonds. The fourth-order valence-electron chi connectivity index (χ4n) is 3.10. The lowest BCUT2D eigenvalue weighted by Crippen LogP contribution is -2.40. The molecule has 2 aromatic rings. The third-order valence-electron chi connectivity index (χ3n) is 4.48. The van der Waals surface area contributed by atoms with Crippen LogP contribution >= 0.6 is 0 Å². The maximum Gasteiger partial charge on any atom is 0.274 e. The van der Waals surface area contributed by atoms with E-state index in [-0.39, 0.29) is 17.4 Å². The Morgan fingerprint density at radius 3 is 3.00 bits per heavy atom. The molecule has 128 valence electrons. The maximum atomic E-state index is 12.8. The van der Waals surface area contributed by atoms with Gasteiger partial charge in [0.25, 0.3) is 11.5 Å². The molecule has 1 fully saturated rings. The minimum atomic E-state index is -0.158. The summed E-state index contributed by atoms with van der Waals surface area (Å²) in [5, 5.41) is 11.3. The van der Waals surface area contributed by atoms with E-state index >= 15 is 0 Å². The van der Waals surface area contributed by atoms with E-state index in [4.69, 9.17) is 0 Å². The van der Waals surface area contributed by atoms with Gasteiger partial charge in [-0.2, -0.15) is 10.2 Å². The number of likely N-dealkylation sites (tertiary alicyclic amines) is 1. The van der Waals surface area contributed by atoms with Crippen LogP contribution in [0.5, 0.6) is 0 Å². The summed E-state index contributed by atoms with van der Waals surface area (Å²) in [6.07, 6.45) is 5.57. The molecule has 1 aliphatic heterocycles. The Kier molecular flexibility index (Phi) is 5.08. The average Bonchev–Trinajstić information content (AvgIpc) is 3.15. The summed E-state index contributed by atoms with van der Waals surface area (Å²) in [6.45, 7) is 3.98.